The maximum Gasteiger partial charge on any atom is 0.308 e. The fourth-order valence-corrected chi connectivity index (χ4v) is 3.22. The van der Waals surface area contributed by atoms with Gasteiger partial charge < -0.3 is 20.3 Å². The van der Waals surface area contributed by atoms with Crippen molar-refractivity contribution in [3.05, 3.63) is 29.8 Å². The number of methoxy groups -OCH3 is 1. The molecule has 156 valence electrons. The first kappa shape index (κ1) is 24.2. The van der Waals surface area contributed by atoms with Gasteiger partial charge in [0.25, 0.3) is 0 Å². The minimum Gasteiger partial charge on any atom is -0.469 e. The summed E-state index contributed by atoms with van der Waals surface area (Å²) in [6, 6.07) is 7.81. The van der Waals surface area contributed by atoms with Crippen molar-refractivity contribution < 1.29 is 14.3 Å². The highest BCUT2D eigenvalue weighted by Gasteiger charge is 2.26. The van der Waals surface area contributed by atoms with Gasteiger partial charge in [-0.3, -0.25) is 14.6 Å². The summed E-state index contributed by atoms with van der Waals surface area (Å²) in [6.07, 6.45) is 2.89. The van der Waals surface area contributed by atoms with Crippen molar-refractivity contribution in [1.82, 2.24) is 10.2 Å². The number of rotatable bonds is 6. The fourth-order valence-electron chi connectivity index (χ4n) is 3.22. The zero-order chi connectivity index (χ0) is 19.6. The molecule has 0 unspecified atom stereocenters. The molecule has 1 aromatic rings. The molecule has 1 aliphatic rings. The average Bonchev–Trinajstić information content (AvgIpc) is 2.69. The number of amides is 1. The minimum absolute atomic E-state index is 0. The molecule has 0 atom stereocenters. The third kappa shape index (κ3) is 7.29. The molecule has 1 aromatic carbocycles. The summed E-state index contributed by atoms with van der Waals surface area (Å²) >= 11 is 0. The molecular formula is C20H31IN4O3. The van der Waals surface area contributed by atoms with Crippen molar-refractivity contribution in [2.24, 2.45) is 10.9 Å². The summed E-state index contributed by atoms with van der Waals surface area (Å²) < 4.78 is 4.84. The predicted molar refractivity (Wildman–Crippen MR) is 122 cm³/mol. The van der Waals surface area contributed by atoms with Crippen LogP contribution >= 0.6 is 24.0 Å². The zero-order valence-electron chi connectivity index (χ0n) is 16.9. The monoisotopic (exact) mass is 502 g/mol. The summed E-state index contributed by atoms with van der Waals surface area (Å²) in [5.74, 6) is 0.706. The van der Waals surface area contributed by atoms with Gasteiger partial charge in [0.15, 0.2) is 5.96 Å². The van der Waals surface area contributed by atoms with Gasteiger partial charge in [-0.25, -0.2) is 0 Å². The molecule has 1 saturated heterocycles. The van der Waals surface area contributed by atoms with Crippen LogP contribution < -0.4 is 10.6 Å². The second-order valence-corrected chi connectivity index (χ2v) is 6.68. The predicted octanol–water partition coefficient (Wildman–Crippen LogP) is 3.00. The number of benzene rings is 1. The number of esters is 1. The van der Waals surface area contributed by atoms with Crippen molar-refractivity contribution in [2.75, 3.05) is 32.6 Å². The van der Waals surface area contributed by atoms with E-state index < -0.39 is 0 Å². The molecule has 0 saturated carbocycles. The van der Waals surface area contributed by atoms with Gasteiger partial charge in [0.1, 0.15) is 0 Å². The van der Waals surface area contributed by atoms with Gasteiger partial charge in [-0.2, -0.15) is 0 Å². The van der Waals surface area contributed by atoms with E-state index in [1.54, 1.807) is 7.05 Å². The summed E-state index contributed by atoms with van der Waals surface area (Å²) in [4.78, 5) is 29.9. The number of carbonyl (C=O) groups is 2. The summed E-state index contributed by atoms with van der Waals surface area (Å²) in [5.41, 5.74) is 1.87. The lowest BCUT2D eigenvalue weighted by atomic mass is 9.97. The average molecular weight is 502 g/mol. The Hall–Kier alpha value is -1.84. The summed E-state index contributed by atoms with van der Waals surface area (Å²) in [7, 11) is 3.20. The Morgan fingerprint density at radius 2 is 2.00 bits per heavy atom. The number of piperidine rings is 1. The van der Waals surface area contributed by atoms with E-state index in [1.165, 1.54) is 7.11 Å². The zero-order valence-corrected chi connectivity index (χ0v) is 19.2. The van der Waals surface area contributed by atoms with Gasteiger partial charge in [-0.1, -0.05) is 19.1 Å². The van der Waals surface area contributed by atoms with E-state index in [4.69, 9.17) is 4.74 Å². The molecule has 8 heteroatoms. The first-order valence-corrected chi connectivity index (χ1v) is 9.49. The third-order valence-corrected chi connectivity index (χ3v) is 4.68. The molecule has 1 aliphatic heterocycles. The SMILES string of the molecule is CCCC(=O)Nc1cccc(CNC(=NC)N2CCC(C(=O)OC)CC2)c1.I. The van der Waals surface area contributed by atoms with Crippen molar-refractivity contribution in [3.63, 3.8) is 0 Å². The molecule has 1 heterocycles. The number of hydrogen-bond donors (Lipinski definition) is 2. The van der Waals surface area contributed by atoms with E-state index in [-0.39, 0.29) is 41.8 Å². The van der Waals surface area contributed by atoms with Crippen LogP contribution in [-0.4, -0.2) is 50.0 Å². The standard InChI is InChI=1S/C20H30N4O3.HI/c1-4-6-18(25)23-17-8-5-7-15(13-17)14-22-20(21-2)24-11-9-16(10-12-24)19(26)27-3;/h5,7-8,13,16H,4,6,9-12,14H2,1-3H3,(H,21,22)(H,23,25);1H. The quantitative estimate of drug-likeness (QED) is 0.271. The molecule has 7 nitrogen and oxygen atoms in total. The second kappa shape index (κ2) is 12.6. The summed E-state index contributed by atoms with van der Waals surface area (Å²) in [6.45, 7) is 4.14. The number of ether oxygens (including phenoxy) is 1. The van der Waals surface area contributed by atoms with Gasteiger partial charge in [0.2, 0.25) is 5.91 Å². The highest BCUT2D eigenvalue weighted by molar-refractivity contribution is 14.0. The van der Waals surface area contributed by atoms with Crippen LogP contribution in [0.3, 0.4) is 0 Å². The van der Waals surface area contributed by atoms with E-state index >= 15 is 0 Å². The van der Waals surface area contributed by atoms with Crippen molar-refractivity contribution in [2.45, 2.75) is 39.2 Å². The topological polar surface area (TPSA) is 83.0 Å². The largest absolute Gasteiger partial charge is 0.469 e. The highest BCUT2D eigenvalue weighted by atomic mass is 127. The number of aliphatic imine (C=N–C) groups is 1. The maximum absolute atomic E-state index is 11.8. The maximum atomic E-state index is 11.8. The smallest absolute Gasteiger partial charge is 0.308 e. The van der Waals surface area contributed by atoms with Crippen LogP contribution in [0.4, 0.5) is 5.69 Å². The number of nitrogens with zero attached hydrogens (tertiary/aromatic N) is 2. The first-order chi connectivity index (χ1) is 13.1. The number of carbonyl (C=O) groups excluding carboxylic acids is 2. The molecule has 0 bridgehead atoms. The van der Waals surface area contributed by atoms with Crippen LogP contribution in [0.15, 0.2) is 29.3 Å². The molecule has 28 heavy (non-hydrogen) atoms. The molecule has 1 amide bonds. The molecule has 1 fully saturated rings. The van der Waals surface area contributed by atoms with Crippen molar-refractivity contribution >= 4 is 47.5 Å². The lowest BCUT2D eigenvalue weighted by Crippen LogP contribution is -2.46. The molecule has 0 aliphatic carbocycles. The molecule has 0 aromatic heterocycles. The Morgan fingerprint density at radius 1 is 1.29 bits per heavy atom. The van der Waals surface area contributed by atoms with E-state index in [1.807, 2.05) is 31.2 Å². The van der Waals surface area contributed by atoms with E-state index in [0.717, 1.165) is 49.6 Å². The van der Waals surface area contributed by atoms with Gasteiger partial charge in [-0.05, 0) is 37.0 Å². The van der Waals surface area contributed by atoms with Gasteiger partial charge >= 0.3 is 5.97 Å². The van der Waals surface area contributed by atoms with Crippen LogP contribution in [0.2, 0.25) is 0 Å². The number of hydrogen-bond acceptors (Lipinski definition) is 4. The second-order valence-electron chi connectivity index (χ2n) is 6.68. The number of nitrogens with one attached hydrogen (secondary N) is 2. The number of guanidine groups is 1. The number of anilines is 1. The van der Waals surface area contributed by atoms with Crippen LogP contribution in [0.25, 0.3) is 0 Å². The normalized spacial score (nSPS) is 14.8. The Morgan fingerprint density at radius 3 is 2.61 bits per heavy atom. The van der Waals surface area contributed by atoms with E-state index in [2.05, 4.69) is 20.5 Å². The molecule has 2 N–H and O–H groups in total. The van der Waals surface area contributed by atoms with Gasteiger partial charge in [-0.15, -0.1) is 24.0 Å². The highest BCUT2D eigenvalue weighted by Crippen LogP contribution is 2.18. The minimum atomic E-state index is -0.125. The van der Waals surface area contributed by atoms with Gasteiger partial charge in [0, 0.05) is 38.8 Å². The fraction of sp³-hybridized carbons (Fsp3) is 0.550. The molecular weight excluding hydrogens is 471 g/mol. The lowest BCUT2D eigenvalue weighted by Gasteiger charge is -2.33. The Bertz CT molecular complexity index is 673. The molecule has 0 spiro atoms. The Balaban J connectivity index is 0.00000392. The number of halogens is 1. The molecule has 2 rings (SSSR count). The third-order valence-electron chi connectivity index (χ3n) is 4.68. The molecule has 0 radical (unpaired) electrons. The van der Waals surface area contributed by atoms with Gasteiger partial charge in [0.05, 0.1) is 13.0 Å². The Kier molecular flexibility index (Phi) is 10.9. The number of likely N-dealkylation sites (tertiary alicyclic amines) is 1. The first-order valence-electron chi connectivity index (χ1n) is 9.49. The Labute approximate surface area is 184 Å². The van der Waals surface area contributed by atoms with Crippen LogP contribution in [-0.2, 0) is 20.9 Å². The van der Waals surface area contributed by atoms with Crippen LogP contribution in [0, 0.1) is 5.92 Å². The van der Waals surface area contributed by atoms with Crippen molar-refractivity contribution in [1.29, 1.82) is 0 Å². The summed E-state index contributed by atoms with van der Waals surface area (Å²) in [5, 5.41) is 6.28. The van der Waals surface area contributed by atoms with E-state index in [0.29, 0.717) is 13.0 Å². The lowest BCUT2D eigenvalue weighted by molar-refractivity contribution is -0.146. The van der Waals surface area contributed by atoms with Crippen LogP contribution in [0.1, 0.15) is 38.2 Å². The van der Waals surface area contributed by atoms with Crippen molar-refractivity contribution in [3.8, 4) is 0 Å². The van der Waals surface area contributed by atoms with Crippen LogP contribution in [0.5, 0.6) is 0 Å². The van der Waals surface area contributed by atoms with E-state index in [9.17, 15) is 9.59 Å².